The van der Waals surface area contributed by atoms with Crippen LogP contribution in [-0.4, -0.2) is 22.3 Å². The summed E-state index contributed by atoms with van der Waals surface area (Å²) in [6.45, 7) is 0. The van der Waals surface area contributed by atoms with Crippen molar-refractivity contribution >= 4 is 46.0 Å². The van der Waals surface area contributed by atoms with Crippen LogP contribution in [0.25, 0.3) is 0 Å². The third-order valence-electron chi connectivity index (χ3n) is 1.77. The Kier molecular flexibility index (Phi) is 3.84. The van der Waals surface area contributed by atoms with Crippen molar-refractivity contribution in [3.8, 4) is 0 Å². The van der Waals surface area contributed by atoms with Crippen LogP contribution in [0, 0.1) is 8.70 Å². The van der Waals surface area contributed by atoms with E-state index in [1.54, 1.807) is 6.07 Å². The van der Waals surface area contributed by atoms with Crippen LogP contribution in [0.4, 0.5) is 4.39 Å². The number of halogens is 2. The summed E-state index contributed by atoms with van der Waals surface area (Å²) in [6, 6.07) is 2.92. The second-order valence-corrected chi connectivity index (χ2v) is 5.16. The van der Waals surface area contributed by atoms with Crippen molar-refractivity contribution in [2.45, 2.75) is 0 Å². The molecule has 2 heterocycles. The number of carbonyl (C=O) groups is 1. The molecule has 0 aliphatic heterocycles. The van der Waals surface area contributed by atoms with Crippen LogP contribution >= 0.6 is 33.9 Å². The number of aromatic nitrogens is 2. The van der Waals surface area contributed by atoms with Gasteiger partial charge in [-0.25, -0.2) is 5.43 Å². The van der Waals surface area contributed by atoms with E-state index in [2.05, 4.69) is 20.7 Å². The van der Waals surface area contributed by atoms with Crippen molar-refractivity contribution in [3.05, 3.63) is 37.6 Å². The zero-order chi connectivity index (χ0) is 12.3. The highest BCUT2D eigenvalue weighted by molar-refractivity contribution is 14.1. The summed E-state index contributed by atoms with van der Waals surface area (Å²) in [5, 5.41) is 9.71. The van der Waals surface area contributed by atoms with Crippen molar-refractivity contribution in [1.29, 1.82) is 0 Å². The van der Waals surface area contributed by atoms with E-state index >= 15 is 0 Å². The lowest BCUT2D eigenvalue weighted by molar-refractivity contribution is 0.0949. The molecule has 2 aromatic rings. The highest BCUT2D eigenvalue weighted by Gasteiger charge is 2.10. The van der Waals surface area contributed by atoms with E-state index in [0.717, 1.165) is 11.3 Å². The molecular weight excluding hydrogens is 358 g/mol. The summed E-state index contributed by atoms with van der Waals surface area (Å²) in [4.78, 5) is 12.2. The van der Waals surface area contributed by atoms with E-state index in [9.17, 15) is 9.18 Å². The van der Waals surface area contributed by atoms with E-state index in [0.29, 0.717) is 14.1 Å². The van der Waals surface area contributed by atoms with E-state index in [-0.39, 0.29) is 11.0 Å². The minimum atomic E-state index is -0.389. The fourth-order valence-corrected chi connectivity index (χ4v) is 2.15. The Hall–Kier alpha value is -1.29. The summed E-state index contributed by atoms with van der Waals surface area (Å²) in [7, 11) is 0. The van der Waals surface area contributed by atoms with Gasteiger partial charge in [-0.3, -0.25) is 9.89 Å². The Morgan fingerprint density at radius 2 is 2.47 bits per heavy atom. The predicted octanol–water partition coefficient (Wildman–Crippen LogP) is 1.98. The monoisotopic (exact) mass is 364 g/mol. The molecule has 0 saturated carbocycles. The Morgan fingerprint density at radius 1 is 1.65 bits per heavy atom. The standard InChI is InChI=1S/C9H6FIN4OS/c10-7-2-1-5(17-7)3-12-15-9(16)8-6(11)4-13-14-8/h1-4H,(H,13,14)(H,15,16)/b12-3-. The predicted molar refractivity (Wildman–Crippen MR) is 70.6 cm³/mol. The average molecular weight is 364 g/mol. The SMILES string of the molecule is O=C(N/N=C\c1ccc(F)s1)c1[nH]ncc1I. The minimum absolute atomic E-state index is 0.291. The maximum atomic E-state index is 12.6. The molecule has 0 bridgehead atoms. The number of hydrazone groups is 1. The molecule has 0 aromatic carbocycles. The molecule has 2 N–H and O–H groups in total. The molecule has 0 unspecified atom stereocenters. The van der Waals surface area contributed by atoms with Crippen LogP contribution < -0.4 is 5.43 Å². The first-order valence-electron chi connectivity index (χ1n) is 4.44. The second kappa shape index (κ2) is 5.36. The lowest BCUT2D eigenvalue weighted by Crippen LogP contribution is -2.19. The third-order valence-corrected chi connectivity index (χ3v) is 3.40. The van der Waals surface area contributed by atoms with Crippen molar-refractivity contribution in [1.82, 2.24) is 15.6 Å². The van der Waals surface area contributed by atoms with E-state index < -0.39 is 0 Å². The Balaban J connectivity index is 1.97. The van der Waals surface area contributed by atoms with Gasteiger partial charge < -0.3 is 0 Å². The molecule has 0 atom stereocenters. The van der Waals surface area contributed by atoms with Crippen LogP contribution in [0.5, 0.6) is 0 Å². The number of H-pyrrole nitrogens is 1. The molecule has 0 aliphatic carbocycles. The topological polar surface area (TPSA) is 70.1 Å². The number of hydrogen-bond donors (Lipinski definition) is 2. The summed E-state index contributed by atoms with van der Waals surface area (Å²) in [5.41, 5.74) is 2.67. The normalized spacial score (nSPS) is 10.9. The molecule has 17 heavy (non-hydrogen) atoms. The van der Waals surface area contributed by atoms with E-state index in [1.165, 1.54) is 18.5 Å². The van der Waals surface area contributed by atoms with Crippen molar-refractivity contribution in [2.75, 3.05) is 0 Å². The smallest absolute Gasteiger partial charge is 0.272 e. The number of aromatic amines is 1. The first-order chi connectivity index (χ1) is 8.16. The Bertz CT molecular complexity index is 565. The maximum absolute atomic E-state index is 12.6. The van der Waals surface area contributed by atoms with E-state index in [4.69, 9.17) is 0 Å². The van der Waals surface area contributed by atoms with Gasteiger partial charge in [-0.15, -0.1) is 11.3 Å². The van der Waals surface area contributed by atoms with Gasteiger partial charge in [0.25, 0.3) is 5.91 Å². The lowest BCUT2D eigenvalue weighted by atomic mass is 10.4. The lowest BCUT2D eigenvalue weighted by Gasteiger charge is -1.95. The quantitative estimate of drug-likeness (QED) is 0.497. The Labute approximate surface area is 113 Å². The van der Waals surface area contributed by atoms with Crippen LogP contribution in [-0.2, 0) is 0 Å². The molecule has 2 aromatic heterocycles. The molecule has 0 spiro atoms. The molecule has 2 rings (SSSR count). The van der Waals surface area contributed by atoms with Gasteiger partial charge in [0, 0.05) is 0 Å². The number of hydrogen-bond acceptors (Lipinski definition) is 4. The molecule has 0 saturated heterocycles. The van der Waals surface area contributed by atoms with Crippen molar-refractivity contribution < 1.29 is 9.18 Å². The first kappa shape index (κ1) is 12.2. The van der Waals surface area contributed by atoms with Crippen LogP contribution in [0.3, 0.4) is 0 Å². The fraction of sp³-hybridized carbons (Fsp3) is 0. The Morgan fingerprint density at radius 3 is 3.06 bits per heavy atom. The van der Waals surface area contributed by atoms with Crippen molar-refractivity contribution in [3.63, 3.8) is 0 Å². The highest BCUT2D eigenvalue weighted by Crippen LogP contribution is 2.11. The summed E-state index contributed by atoms with van der Waals surface area (Å²) >= 11 is 2.93. The van der Waals surface area contributed by atoms with Crippen molar-refractivity contribution in [2.24, 2.45) is 5.10 Å². The van der Waals surface area contributed by atoms with Gasteiger partial charge in [-0.1, -0.05) is 0 Å². The summed E-state index contributed by atoms with van der Waals surface area (Å²) in [5.74, 6) is -0.389. The van der Waals surface area contributed by atoms with Gasteiger partial charge in [0.15, 0.2) is 5.13 Å². The van der Waals surface area contributed by atoms with Crippen LogP contribution in [0.1, 0.15) is 15.4 Å². The van der Waals surface area contributed by atoms with E-state index in [1.807, 2.05) is 22.6 Å². The van der Waals surface area contributed by atoms with Gasteiger partial charge >= 0.3 is 0 Å². The maximum Gasteiger partial charge on any atom is 0.290 e. The zero-order valence-corrected chi connectivity index (χ0v) is 11.3. The molecule has 0 aliphatic rings. The van der Waals surface area contributed by atoms with Gasteiger partial charge in [0.1, 0.15) is 5.69 Å². The van der Waals surface area contributed by atoms with Gasteiger partial charge in [-0.05, 0) is 34.7 Å². The average Bonchev–Trinajstić information content (AvgIpc) is 2.87. The minimum Gasteiger partial charge on any atom is -0.272 e. The molecule has 1 amide bonds. The molecule has 5 nitrogen and oxygen atoms in total. The van der Waals surface area contributed by atoms with Gasteiger partial charge in [0.2, 0.25) is 0 Å². The van der Waals surface area contributed by atoms with Gasteiger partial charge in [-0.2, -0.15) is 14.6 Å². The fourth-order valence-electron chi connectivity index (χ4n) is 1.04. The molecule has 8 heteroatoms. The molecular formula is C9H6FIN4OS. The second-order valence-electron chi connectivity index (χ2n) is 2.93. The van der Waals surface area contributed by atoms with Crippen LogP contribution in [0.2, 0.25) is 0 Å². The number of amides is 1. The number of nitrogens with one attached hydrogen (secondary N) is 2. The summed E-state index contributed by atoms with van der Waals surface area (Å²) in [6.07, 6.45) is 2.92. The zero-order valence-electron chi connectivity index (χ0n) is 8.28. The summed E-state index contributed by atoms with van der Waals surface area (Å²) < 4.78 is 13.4. The molecule has 88 valence electrons. The number of thiophene rings is 1. The van der Waals surface area contributed by atoms with Crippen LogP contribution in [0.15, 0.2) is 23.4 Å². The highest BCUT2D eigenvalue weighted by atomic mass is 127. The molecule has 0 radical (unpaired) electrons. The largest absolute Gasteiger partial charge is 0.290 e. The third kappa shape index (κ3) is 3.09. The van der Waals surface area contributed by atoms with Gasteiger partial charge in [0.05, 0.1) is 20.9 Å². The number of carbonyl (C=O) groups excluding carboxylic acids is 1. The number of nitrogens with zero attached hydrogens (tertiary/aromatic N) is 2. The first-order valence-corrected chi connectivity index (χ1v) is 6.34. The number of rotatable bonds is 3. The molecule has 0 fully saturated rings.